The van der Waals surface area contributed by atoms with Crippen LogP contribution >= 0.6 is 0 Å². The molecule has 2 aromatic heterocycles. The highest BCUT2D eigenvalue weighted by Gasteiger charge is 2.13. The van der Waals surface area contributed by atoms with E-state index in [4.69, 9.17) is 0 Å². The number of fused-ring (bicyclic) bond motifs is 1. The van der Waals surface area contributed by atoms with Crippen LogP contribution in [0.1, 0.15) is 16.1 Å². The summed E-state index contributed by atoms with van der Waals surface area (Å²) in [5.41, 5.74) is 5.31. The summed E-state index contributed by atoms with van der Waals surface area (Å²) in [5.74, 6) is 3.12. The van der Waals surface area contributed by atoms with Crippen molar-refractivity contribution in [2.45, 2.75) is 19.6 Å². The van der Waals surface area contributed by atoms with Gasteiger partial charge in [-0.05, 0) is 0 Å². The van der Waals surface area contributed by atoms with E-state index in [0.717, 1.165) is 17.2 Å². The van der Waals surface area contributed by atoms with Crippen molar-refractivity contribution in [3.05, 3.63) is 23.7 Å². The second kappa shape index (κ2) is 4.39. The molecule has 92 valence electrons. The van der Waals surface area contributed by atoms with Crippen molar-refractivity contribution >= 4 is 25.3 Å². The third kappa shape index (κ3) is 2.34. The molecule has 2 aromatic rings. The summed E-state index contributed by atoms with van der Waals surface area (Å²) in [6.45, 7) is 6.52. The number of hydrogen-bond acceptors (Lipinski definition) is 3. The molecule has 0 amide bonds. The number of carbonyl (C=O) groups is 1. The van der Waals surface area contributed by atoms with Crippen molar-refractivity contribution in [3.63, 3.8) is 0 Å². The highest BCUT2D eigenvalue weighted by Crippen LogP contribution is 2.19. The minimum atomic E-state index is -1.46. The zero-order valence-electron chi connectivity index (χ0n) is 11.0. The second-order valence-corrected chi connectivity index (χ2v) is 9.96. The molecule has 0 aromatic carbocycles. The van der Waals surface area contributed by atoms with Gasteiger partial charge in [0, 0.05) is 24.2 Å². The Hall–Kier alpha value is -1.93. The Morgan fingerprint density at radius 1 is 1.33 bits per heavy atom. The summed E-state index contributed by atoms with van der Waals surface area (Å²) < 4.78 is 1.71. The molecule has 0 fully saturated rings. The Balaban J connectivity index is 2.71. The van der Waals surface area contributed by atoms with Crippen molar-refractivity contribution < 1.29 is 4.79 Å². The van der Waals surface area contributed by atoms with Gasteiger partial charge in [-0.2, -0.15) is 5.10 Å². The van der Waals surface area contributed by atoms with Crippen molar-refractivity contribution in [1.82, 2.24) is 14.8 Å². The summed E-state index contributed by atoms with van der Waals surface area (Å²) in [4.78, 5) is 15.1. The molecule has 0 saturated carbocycles. The van der Waals surface area contributed by atoms with Crippen LogP contribution in [0.2, 0.25) is 19.6 Å². The molecular formula is C13H15N3OSi. The van der Waals surface area contributed by atoms with Crippen LogP contribution in [-0.4, -0.2) is 29.1 Å². The first-order valence-electron chi connectivity index (χ1n) is 5.71. The van der Waals surface area contributed by atoms with Gasteiger partial charge < -0.3 is 0 Å². The van der Waals surface area contributed by atoms with Crippen LogP contribution < -0.4 is 0 Å². The molecule has 2 rings (SSSR count). The van der Waals surface area contributed by atoms with Crippen molar-refractivity contribution in [2.75, 3.05) is 0 Å². The fraction of sp³-hybridized carbons (Fsp3) is 0.308. The quantitative estimate of drug-likeness (QED) is 0.446. The smallest absolute Gasteiger partial charge is 0.152 e. The van der Waals surface area contributed by atoms with Gasteiger partial charge in [-0.15, -0.1) is 5.54 Å². The number of aryl methyl sites for hydroxylation is 1. The van der Waals surface area contributed by atoms with Gasteiger partial charge in [0.05, 0.1) is 11.7 Å². The van der Waals surface area contributed by atoms with E-state index in [1.807, 2.05) is 7.05 Å². The van der Waals surface area contributed by atoms with E-state index in [9.17, 15) is 4.79 Å². The van der Waals surface area contributed by atoms with Gasteiger partial charge in [-0.3, -0.25) is 14.5 Å². The van der Waals surface area contributed by atoms with Crippen molar-refractivity contribution in [1.29, 1.82) is 0 Å². The molecule has 0 aliphatic carbocycles. The molecule has 0 bridgehead atoms. The van der Waals surface area contributed by atoms with E-state index in [-0.39, 0.29) is 0 Å². The average Bonchev–Trinajstić information content (AvgIpc) is 2.63. The van der Waals surface area contributed by atoms with Gasteiger partial charge in [0.25, 0.3) is 0 Å². The van der Waals surface area contributed by atoms with Crippen LogP contribution in [0.3, 0.4) is 0 Å². The summed E-state index contributed by atoms with van der Waals surface area (Å²) >= 11 is 0. The van der Waals surface area contributed by atoms with Crippen LogP contribution in [0.4, 0.5) is 0 Å². The minimum absolute atomic E-state index is 0.542. The van der Waals surface area contributed by atoms with Crippen molar-refractivity contribution in [3.8, 4) is 11.5 Å². The van der Waals surface area contributed by atoms with Gasteiger partial charge in [0.15, 0.2) is 6.29 Å². The van der Waals surface area contributed by atoms with Gasteiger partial charge in [-0.25, -0.2) is 0 Å². The minimum Gasteiger partial charge on any atom is -0.298 e. The standard InChI is InChI=1S/C13H15N3OSi/c1-16-12-8-14-7-10(9-17)13(12)11(15-16)5-6-18(2,3)4/h7-9H,1-4H3. The molecule has 0 N–H and O–H groups in total. The Kier molecular flexibility index (Phi) is 3.05. The number of nitrogens with zero attached hydrogens (tertiary/aromatic N) is 3. The first kappa shape index (κ1) is 12.5. The van der Waals surface area contributed by atoms with Gasteiger partial charge in [-0.1, -0.05) is 25.6 Å². The van der Waals surface area contributed by atoms with Crippen LogP contribution in [0.5, 0.6) is 0 Å². The fourth-order valence-electron chi connectivity index (χ4n) is 1.65. The topological polar surface area (TPSA) is 47.8 Å². The number of rotatable bonds is 1. The number of pyridine rings is 1. The van der Waals surface area contributed by atoms with E-state index < -0.39 is 8.07 Å². The number of carbonyl (C=O) groups excluding carboxylic acids is 1. The molecular weight excluding hydrogens is 242 g/mol. The van der Waals surface area contributed by atoms with Crippen LogP contribution in [0.15, 0.2) is 12.4 Å². The Labute approximate surface area is 107 Å². The number of aldehydes is 1. The normalized spacial score (nSPS) is 11.1. The monoisotopic (exact) mass is 257 g/mol. The molecule has 0 saturated heterocycles. The van der Waals surface area contributed by atoms with E-state index in [1.54, 1.807) is 17.1 Å². The SMILES string of the molecule is Cn1nc(C#C[Si](C)(C)C)c2c(C=O)cncc21. The maximum atomic E-state index is 11.1. The summed E-state index contributed by atoms with van der Waals surface area (Å²) in [6, 6.07) is 0. The molecule has 0 aliphatic heterocycles. The maximum absolute atomic E-state index is 11.1. The molecule has 0 unspecified atom stereocenters. The Bertz CT molecular complexity index is 671. The average molecular weight is 257 g/mol. The lowest BCUT2D eigenvalue weighted by Gasteiger charge is -2.02. The highest BCUT2D eigenvalue weighted by atomic mass is 28.3. The van der Waals surface area contributed by atoms with Crippen LogP contribution in [0.25, 0.3) is 10.9 Å². The molecule has 2 heterocycles. The molecule has 0 spiro atoms. The second-order valence-electron chi connectivity index (χ2n) is 5.21. The largest absolute Gasteiger partial charge is 0.298 e. The third-order valence-corrected chi connectivity index (χ3v) is 3.35. The lowest BCUT2D eigenvalue weighted by Crippen LogP contribution is -2.16. The first-order valence-corrected chi connectivity index (χ1v) is 9.21. The fourth-order valence-corrected chi connectivity index (χ4v) is 2.14. The van der Waals surface area contributed by atoms with Crippen LogP contribution in [0, 0.1) is 11.5 Å². The van der Waals surface area contributed by atoms with Gasteiger partial charge >= 0.3 is 0 Å². The van der Waals surface area contributed by atoms with Crippen molar-refractivity contribution in [2.24, 2.45) is 7.05 Å². The molecule has 0 radical (unpaired) electrons. The maximum Gasteiger partial charge on any atom is 0.152 e. The third-order valence-electron chi connectivity index (χ3n) is 2.47. The predicted octanol–water partition coefficient (Wildman–Crippen LogP) is 2.01. The number of aromatic nitrogens is 3. The van der Waals surface area contributed by atoms with E-state index in [1.165, 1.54) is 0 Å². The molecule has 18 heavy (non-hydrogen) atoms. The van der Waals surface area contributed by atoms with Crippen LogP contribution in [-0.2, 0) is 7.05 Å². The summed E-state index contributed by atoms with van der Waals surface area (Å²) in [7, 11) is 0.372. The molecule has 4 nitrogen and oxygen atoms in total. The highest BCUT2D eigenvalue weighted by molar-refractivity contribution is 6.83. The number of hydrogen-bond donors (Lipinski definition) is 0. The van der Waals surface area contributed by atoms with Gasteiger partial charge in [0.2, 0.25) is 0 Å². The van der Waals surface area contributed by atoms with E-state index >= 15 is 0 Å². The molecule has 0 atom stereocenters. The molecule has 5 heteroatoms. The Morgan fingerprint density at radius 3 is 2.67 bits per heavy atom. The summed E-state index contributed by atoms with van der Waals surface area (Å²) in [5, 5.41) is 5.17. The lowest BCUT2D eigenvalue weighted by atomic mass is 10.1. The lowest BCUT2D eigenvalue weighted by molar-refractivity contribution is 0.112. The zero-order chi connectivity index (χ0) is 13.3. The molecule has 0 aliphatic rings. The summed E-state index contributed by atoms with van der Waals surface area (Å²) in [6.07, 6.45) is 4.06. The Morgan fingerprint density at radius 2 is 2.06 bits per heavy atom. The predicted molar refractivity (Wildman–Crippen MR) is 74.1 cm³/mol. The van der Waals surface area contributed by atoms with Gasteiger partial charge in [0.1, 0.15) is 13.8 Å². The van der Waals surface area contributed by atoms with E-state index in [0.29, 0.717) is 11.3 Å². The van der Waals surface area contributed by atoms with E-state index in [2.05, 4.69) is 41.2 Å². The first-order chi connectivity index (χ1) is 8.42. The zero-order valence-corrected chi connectivity index (χ0v) is 12.0.